The van der Waals surface area contributed by atoms with Crippen LogP contribution in [-0.2, 0) is 35.4 Å². The van der Waals surface area contributed by atoms with Gasteiger partial charge in [0, 0.05) is 24.1 Å². The second kappa shape index (κ2) is 14.1. The quantitative estimate of drug-likeness (QED) is 0.294. The molecule has 2 aliphatic heterocycles. The second-order valence-corrected chi connectivity index (χ2v) is 14.8. The number of fused-ring (bicyclic) bond motifs is 1. The van der Waals surface area contributed by atoms with Crippen LogP contribution in [0.2, 0.25) is 0 Å². The minimum absolute atomic E-state index is 0.0375. The Labute approximate surface area is 263 Å². The number of rotatable bonds is 7. The van der Waals surface area contributed by atoms with Crippen LogP contribution in [0.3, 0.4) is 0 Å². The Kier molecular flexibility index (Phi) is 11.4. The molecule has 0 N–H and O–H groups in total. The van der Waals surface area contributed by atoms with E-state index in [9.17, 15) is 17.6 Å². The Hall–Kier alpha value is -2.82. The largest absolute Gasteiger partial charge is 0.460 e. The molecule has 0 saturated carbocycles. The molecule has 3 heterocycles. The van der Waals surface area contributed by atoms with Gasteiger partial charge in [0.05, 0.1) is 30.6 Å². The third-order valence-corrected chi connectivity index (χ3v) is 8.28. The van der Waals surface area contributed by atoms with Crippen LogP contribution in [0.5, 0.6) is 0 Å². The van der Waals surface area contributed by atoms with Crippen molar-refractivity contribution < 1.29 is 31.8 Å². The third kappa shape index (κ3) is 9.11. The lowest BCUT2D eigenvalue weighted by Gasteiger charge is -2.40. The number of hydrogen-bond acceptors (Lipinski definition) is 7. The minimum Gasteiger partial charge on any atom is -0.460 e. The maximum atomic E-state index is 14.0. The molecule has 4 rings (SSSR count). The van der Waals surface area contributed by atoms with Gasteiger partial charge < -0.3 is 14.2 Å². The van der Waals surface area contributed by atoms with Gasteiger partial charge in [-0.1, -0.05) is 52.0 Å². The molecule has 0 amide bonds. The van der Waals surface area contributed by atoms with Gasteiger partial charge in [-0.25, -0.2) is 17.8 Å². The van der Waals surface area contributed by atoms with E-state index in [4.69, 9.17) is 19.2 Å². The van der Waals surface area contributed by atoms with E-state index < -0.39 is 27.5 Å². The molecule has 1 aromatic carbocycles. The zero-order chi connectivity index (χ0) is 33.0. The summed E-state index contributed by atoms with van der Waals surface area (Å²) in [6.07, 6.45) is 6.18. The zero-order valence-corrected chi connectivity index (χ0v) is 28.7. The van der Waals surface area contributed by atoms with Crippen molar-refractivity contribution in [2.24, 2.45) is 0 Å². The topological polar surface area (TPSA) is 95.0 Å². The highest BCUT2D eigenvalue weighted by atomic mass is 32.2. The molecular weight excluding hydrogens is 583 g/mol. The van der Waals surface area contributed by atoms with Crippen molar-refractivity contribution >= 4 is 27.9 Å². The molecule has 44 heavy (non-hydrogen) atoms. The fourth-order valence-corrected chi connectivity index (χ4v) is 6.56. The average molecular weight is 633 g/mol. The maximum Gasteiger partial charge on any atom is 0.308 e. The fraction of sp³-hybridized carbons (Fsp3) is 0.588. The minimum atomic E-state index is -3.55. The highest BCUT2D eigenvalue weighted by molar-refractivity contribution is 7.92. The molecule has 0 spiro atoms. The predicted molar refractivity (Wildman–Crippen MR) is 174 cm³/mol. The van der Waals surface area contributed by atoms with E-state index in [-0.39, 0.29) is 30.2 Å². The number of anilines is 1. The number of aromatic nitrogens is 1. The maximum absolute atomic E-state index is 14.0. The van der Waals surface area contributed by atoms with Gasteiger partial charge in [0.25, 0.3) is 0 Å². The Balaban J connectivity index is 0.00000259. The van der Waals surface area contributed by atoms with Gasteiger partial charge in [0.15, 0.2) is 5.79 Å². The highest BCUT2D eigenvalue weighted by Gasteiger charge is 2.37. The van der Waals surface area contributed by atoms with Gasteiger partial charge in [-0.3, -0.25) is 9.10 Å². The summed E-state index contributed by atoms with van der Waals surface area (Å²) in [5.74, 6) is -1.21. The first-order chi connectivity index (χ1) is 20.4. The molecule has 2 aliphatic rings. The number of halogens is 1. The summed E-state index contributed by atoms with van der Waals surface area (Å²) in [4.78, 5) is 17.5. The van der Waals surface area contributed by atoms with E-state index in [1.165, 1.54) is 22.7 Å². The number of pyridine rings is 1. The van der Waals surface area contributed by atoms with Crippen LogP contribution in [0.1, 0.15) is 104 Å². The van der Waals surface area contributed by atoms with E-state index in [1.54, 1.807) is 12.1 Å². The van der Waals surface area contributed by atoms with Crippen molar-refractivity contribution in [2.45, 2.75) is 118 Å². The predicted octanol–water partition coefficient (Wildman–Crippen LogP) is 7.40. The molecule has 1 saturated heterocycles. The number of carbonyl (C=O) groups is 1. The summed E-state index contributed by atoms with van der Waals surface area (Å²) >= 11 is 0. The normalized spacial score (nSPS) is 20.2. The molecular formula is C34H49FN2O6S. The van der Waals surface area contributed by atoms with Crippen molar-refractivity contribution in [2.75, 3.05) is 17.1 Å². The van der Waals surface area contributed by atoms with Gasteiger partial charge in [0.2, 0.25) is 10.0 Å². The molecule has 1 aromatic heterocycles. The van der Waals surface area contributed by atoms with Crippen molar-refractivity contribution in [1.29, 1.82) is 0 Å². The number of ether oxygens (including phenoxy) is 3. The van der Waals surface area contributed by atoms with Crippen LogP contribution < -0.4 is 4.31 Å². The van der Waals surface area contributed by atoms with Crippen molar-refractivity contribution in [3.05, 3.63) is 53.0 Å². The van der Waals surface area contributed by atoms with Gasteiger partial charge >= 0.3 is 5.97 Å². The first kappa shape index (κ1) is 35.7. The zero-order valence-electron chi connectivity index (χ0n) is 27.9. The summed E-state index contributed by atoms with van der Waals surface area (Å²) in [5.41, 5.74) is 3.41. The monoisotopic (exact) mass is 632 g/mol. The molecule has 0 radical (unpaired) electrons. The first-order valence-electron chi connectivity index (χ1n) is 15.5. The lowest BCUT2D eigenvalue weighted by atomic mass is 9.87. The third-order valence-electron chi connectivity index (χ3n) is 7.12. The summed E-state index contributed by atoms with van der Waals surface area (Å²) in [5, 5.41) is 0. The molecule has 244 valence electrons. The summed E-state index contributed by atoms with van der Waals surface area (Å²) < 4.78 is 58.6. The summed E-state index contributed by atoms with van der Waals surface area (Å²) in [7, 11) is -3.55. The Morgan fingerprint density at radius 1 is 1.18 bits per heavy atom. The highest BCUT2D eigenvalue weighted by Crippen LogP contribution is 2.42. The van der Waals surface area contributed by atoms with Gasteiger partial charge in [0.1, 0.15) is 17.2 Å². The fourth-order valence-electron chi connectivity index (χ4n) is 5.64. The molecule has 1 fully saturated rings. The Morgan fingerprint density at radius 2 is 1.82 bits per heavy atom. The standard InChI is InChI=1S/C32H43FN2O6S.C2H6/c1-20(2)29-25(16-15-23-18-24(40-32(6,7)39-23)19-27(36)41-31(3,4)5)28(21-11-13-22(33)14-12-21)26-10-9-17-35(30(26)34-29)42(8,37)38;1-2/h11-16,20,23-24H,9-10,17-19H2,1-8H3;1-2H3/b16-15+;/t23-,24-;/m1./s1. The lowest BCUT2D eigenvalue weighted by molar-refractivity contribution is -0.290. The summed E-state index contributed by atoms with van der Waals surface area (Å²) in [6.45, 7) is 17.5. The molecule has 10 heteroatoms. The van der Waals surface area contributed by atoms with Crippen molar-refractivity contribution in [3.63, 3.8) is 0 Å². The molecule has 0 unspecified atom stereocenters. The van der Waals surface area contributed by atoms with Gasteiger partial charge in [-0.2, -0.15) is 0 Å². The van der Waals surface area contributed by atoms with E-state index in [0.29, 0.717) is 31.6 Å². The molecule has 0 aliphatic carbocycles. The Morgan fingerprint density at radius 3 is 2.39 bits per heavy atom. The SMILES string of the molecule is CC.CC(C)c1nc2c(c(-c3ccc(F)cc3)c1/C=C/[C@@H]1C[C@H](CC(=O)OC(C)(C)C)OC(C)(C)O1)CCCN2S(C)(=O)=O. The van der Waals surface area contributed by atoms with E-state index in [0.717, 1.165) is 27.9 Å². The van der Waals surface area contributed by atoms with Crippen molar-refractivity contribution in [1.82, 2.24) is 4.98 Å². The molecule has 8 nitrogen and oxygen atoms in total. The number of carbonyl (C=O) groups excluding carboxylic acids is 1. The van der Waals surface area contributed by atoms with E-state index >= 15 is 0 Å². The first-order valence-corrected chi connectivity index (χ1v) is 17.3. The van der Waals surface area contributed by atoms with Crippen LogP contribution in [0.25, 0.3) is 17.2 Å². The lowest BCUT2D eigenvalue weighted by Crippen LogP contribution is -2.45. The molecule has 2 aromatic rings. The van der Waals surface area contributed by atoms with E-state index in [1.807, 2.05) is 74.5 Å². The summed E-state index contributed by atoms with van der Waals surface area (Å²) in [6, 6.07) is 6.26. The smallest absolute Gasteiger partial charge is 0.308 e. The number of nitrogens with zero attached hydrogens (tertiary/aromatic N) is 2. The van der Waals surface area contributed by atoms with E-state index in [2.05, 4.69) is 0 Å². The second-order valence-electron chi connectivity index (χ2n) is 12.9. The molecule has 0 bridgehead atoms. The number of esters is 1. The van der Waals surface area contributed by atoms with Crippen LogP contribution in [0.15, 0.2) is 30.3 Å². The van der Waals surface area contributed by atoms with Gasteiger partial charge in [-0.15, -0.1) is 0 Å². The van der Waals surface area contributed by atoms with Crippen LogP contribution in [0.4, 0.5) is 10.2 Å². The number of hydrogen-bond donors (Lipinski definition) is 0. The van der Waals surface area contributed by atoms with Crippen LogP contribution in [0, 0.1) is 5.82 Å². The van der Waals surface area contributed by atoms with Gasteiger partial charge in [-0.05, 0) is 76.6 Å². The Bertz CT molecular complexity index is 1450. The van der Waals surface area contributed by atoms with Crippen LogP contribution >= 0.6 is 0 Å². The van der Waals surface area contributed by atoms with Crippen LogP contribution in [-0.4, -0.2) is 55.8 Å². The number of sulfonamides is 1. The van der Waals surface area contributed by atoms with Crippen molar-refractivity contribution in [3.8, 4) is 11.1 Å². The average Bonchev–Trinajstić information content (AvgIpc) is 2.90. The number of benzene rings is 1. The molecule has 2 atom stereocenters.